The van der Waals surface area contributed by atoms with Crippen LogP contribution in [0.4, 0.5) is 11.4 Å². The summed E-state index contributed by atoms with van der Waals surface area (Å²) < 4.78 is 10.6. The van der Waals surface area contributed by atoms with Gasteiger partial charge in [-0.3, -0.25) is 4.79 Å². The number of pyridine rings is 1. The first-order valence-electron chi connectivity index (χ1n) is 9.05. The molecule has 0 aliphatic carbocycles. The van der Waals surface area contributed by atoms with Crippen LogP contribution in [0.5, 0.6) is 11.5 Å². The van der Waals surface area contributed by atoms with Gasteiger partial charge in [0.1, 0.15) is 5.69 Å². The maximum Gasteiger partial charge on any atom is 0.270 e. The van der Waals surface area contributed by atoms with Gasteiger partial charge in [-0.15, -0.1) is 0 Å². The molecule has 0 saturated carbocycles. The van der Waals surface area contributed by atoms with Crippen molar-refractivity contribution in [2.24, 2.45) is 0 Å². The number of benzene rings is 2. The van der Waals surface area contributed by atoms with Crippen molar-refractivity contribution in [2.75, 3.05) is 12.1 Å². The molecule has 3 aromatic rings. The van der Waals surface area contributed by atoms with E-state index in [0.717, 1.165) is 28.3 Å². The molecule has 4 rings (SSSR count). The van der Waals surface area contributed by atoms with Crippen LogP contribution in [0.1, 0.15) is 27.2 Å². The Balaban J connectivity index is 1.37. The number of aryl methyl sites for hydroxylation is 2. The number of carbonyl (C=O) groups excluding carboxylic acids is 1. The van der Waals surface area contributed by atoms with Gasteiger partial charge in [-0.25, -0.2) is 4.98 Å². The van der Waals surface area contributed by atoms with Gasteiger partial charge < -0.3 is 20.1 Å². The van der Waals surface area contributed by atoms with Crippen molar-refractivity contribution in [3.8, 4) is 11.5 Å². The quantitative estimate of drug-likeness (QED) is 0.702. The standard InChI is InChI=1S/C22H21N3O3/c1-14-3-6-18(15(2)9-14)25-17-5-7-19(23-12-17)22(26)24-11-16-4-8-20-21(10-16)28-13-27-20/h3-10,12,25H,11,13H2,1-2H3,(H,24,26). The van der Waals surface area contributed by atoms with Crippen LogP contribution in [0.3, 0.4) is 0 Å². The number of nitrogens with zero attached hydrogens (tertiary/aromatic N) is 1. The molecular formula is C22H21N3O3. The maximum atomic E-state index is 12.4. The number of ether oxygens (including phenoxy) is 2. The molecule has 0 bridgehead atoms. The third-order valence-corrected chi connectivity index (χ3v) is 4.55. The van der Waals surface area contributed by atoms with Gasteiger partial charge >= 0.3 is 0 Å². The van der Waals surface area contributed by atoms with E-state index in [2.05, 4.69) is 41.6 Å². The first-order valence-corrected chi connectivity index (χ1v) is 9.05. The second-order valence-corrected chi connectivity index (χ2v) is 6.75. The van der Waals surface area contributed by atoms with E-state index in [-0.39, 0.29) is 12.7 Å². The lowest BCUT2D eigenvalue weighted by Gasteiger charge is -2.11. The number of hydrogen-bond acceptors (Lipinski definition) is 5. The Morgan fingerprint density at radius 2 is 1.89 bits per heavy atom. The van der Waals surface area contributed by atoms with Gasteiger partial charge in [0.15, 0.2) is 11.5 Å². The molecular weight excluding hydrogens is 354 g/mol. The SMILES string of the molecule is Cc1ccc(Nc2ccc(C(=O)NCc3ccc4c(c3)OCO4)nc2)c(C)c1. The van der Waals surface area contributed by atoms with Crippen LogP contribution in [-0.2, 0) is 6.54 Å². The Bertz CT molecular complexity index is 1020. The molecule has 6 nitrogen and oxygen atoms in total. The molecule has 1 aromatic heterocycles. The summed E-state index contributed by atoms with van der Waals surface area (Å²) in [6, 6.07) is 15.4. The molecule has 0 unspecified atom stereocenters. The summed E-state index contributed by atoms with van der Waals surface area (Å²) >= 11 is 0. The predicted octanol–water partition coefficient (Wildman–Crippen LogP) is 4.10. The smallest absolute Gasteiger partial charge is 0.270 e. The second kappa shape index (κ2) is 7.60. The number of anilines is 2. The van der Waals surface area contributed by atoms with Crippen LogP contribution in [0, 0.1) is 13.8 Å². The van der Waals surface area contributed by atoms with Crippen LogP contribution in [0.2, 0.25) is 0 Å². The lowest BCUT2D eigenvalue weighted by atomic mass is 10.1. The van der Waals surface area contributed by atoms with E-state index < -0.39 is 0 Å². The number of amides is 1. The Labute approximate surface area is 163 Å². The maximum absolute atomic E-state index is 12.4. The first-order chi connectivity index (χ1) is 13.6. The molecule has 0 saturated heterocycles. The summed E-state index contributed by atoms with van der Waals surface area (Å²) in [7, 11) is 0. The molecule has 28 heavy (non-hydrogen) atoms. The van der Waals surface area contributed by atoms with Crippen molar-refractivity contribution in [1.82, 2.24) is 10.3 Å². The predicted molar refractivity (Wildman–Crippen MR) is 107 cm³/mol. The van der Waals surface area contributed by atoms with Crippen molar-refractivity contribution < 1.29 is 14.3 Å². The number of rotatable bonds is 5. The minimum absolute atomic E-state index is 0.226. The van der Waals surface area contributed by atoms with E-state index >= 15 is 0 Å². The largest absolute Gasteiger partial charge is 0.454 e. The Morgan fingerprint density at radius 3 is 2.68 bits per heavy atom. The number of hydrogen-bond donors (Lipinski definition) is 2. The number of fused-ring (bicyclic) bond motifs is 1. The van der Waals surface area contributed by atoms with Gasteiger partial charge in [0.25, 0.3) is 5.91 Å². The minimum atomic E-state index is -0.226. The van der Waals surface area contributed by atoms with Crippen molar-refractivity contribution in [3.63, 3.8) is 0 Å². The molecule has 0 atom stereocenters. The molecule has 2 N–H and O–H groups in total. The van der Waals surface area contributed by atoms with Gasteiger partial charge in [-0.2, -0.15) is 0 Å². The topological polar surface area (TPSA) is 72.5 Å². The molecule has 1 aliphatic heterocycles. The molecule has 2 aromatic carbocycles. The van der Waals surface area contributed by atoms with Crippen molar-refractivity contribution in [3.05, 3.63) is 77.1 Å². The van der Waals surface area contributed by atoms with Crippen LogP contribution in [0.15, 0.2) is 54.7 Å². The van der Waals surface area contributed by atoms with Crippen molar-refractivity contribution in [1.29, 1.82) is 0 Å². The molecule has 0 radical (unpaired) electrons. The van der Waals surface area contributed by atoms with Crippen molar-refractivity contribution in [2.45, 2.75) is 20.4 Å². The van der Waals surface area contributed by atoms with Gasteiger partial charge in [-0.1, -0.05) is 23.8 Å². The summed E-state index contributed by atoms with van der Waals surface area (Å²) in [4.78, 5) is 16.6. The second-order valence-electron chi connectivity index (χ2n) is 6.75. The van der Waals surface area contributed by atoms with Gasteiger partial charge in [0.2, 0.25) is 6.79 Å². The van der Waals surface area contributed by atoms with E-state index in [1.54, 1.807) is 12.3 Å². The highest BCUT2D eigenvalue weighted by Crippen LogP contribution is 2.32. The molecule has 0 fully saturated rings. The lowest BCUT2D eigenvalue weighted by Crippen LogP contribution is -2.23. The van der Waals surface area contributed by atoms with Gasteiger partial charge in [-0.05, 0) is 55.3 Å². The third kappa shape index (κ3) is 3.91. The van der Waals surface area contributed by atoms with Gasteiger partial charge in [0, 0.05) is 12.2 Å². The average Bonchev–Trinajstić information content (AvgIpc) is 3.17. The molecule has 1 amide bonds. The number of aromatic nitrogens is 1. The highest BCUT2D eigenvalue weighted by Gasteiger charge is 2.14. The fourth-order valence-corrected chi connectivity index (χ4v) is 3.04. The van der Waals surface area contributed by atoms with E-state index in [1.165, 1.54) is 5.56 Å². The van der Waals surface area contributed by atoms with Crippen molar-refractivity contribution >= 4 is 17.3 Å². The summed E-state index contributed by atoms with van der Waals surface area (Å²) in [6.07, 6.45) is 1.66. The Hall–Kier alpha value is -3.54. The first kappa shape index (κ1) is 17.9. The van der Waals surface area contributed by atoms with E-state index in [0.29, 0.717) is 18.0 Å². The minimum Gasteiger partial charge on any atom is -0.454 e. The Kier molecular flexibility index (Phi) is 4.85. The van der Waals surface area contributed by atoms with Crippen LogP contribution < -0.4 is 20.1 Å². The third-order valence-electron chi connectivity index (χ3n) is 4.55. The highest BCUT2D eigenvalue weighted by atomic mass is 16.7. The average molecular weight is 375 g/mol. The molecule has 1 aliphatic rings. The summed E-state index contributed by atoms with van der Waals surface area (Å²) in [5, 5.41) is 6.20. The summed E-state index contributed by atoms with van der Waals surface area (Å²) in [6.45, 7) is 4.74. The number of nitrogens with one attached hydrogen (secondary N) is 2. The fourth-order valence-electron chi connectivity index (χ4n) is 3.04. The summed E-state index contributed by atoms with van der Waals surface area (Å²) in [5.74, 6) is 1.20. The molecule has 142 valence electrons. The van der Waals surface area contributed by atoms with Crippen LogP contribution >= 0.6 is 0 Å². The van der Waals surface area contributed by atoms with E-state index in [1.807, 2.05) is 30.3 Å². The number of carbonyl (C=O) groups is 1. The highest BCUT2D eigenvalue weighted by molar-refractivity contribution is 5.92. The Morgan fingerprint density at radius 1 is 1.04 bits per heavy atom. The van der Waals surface area contributed by atoms with Gasteiger partial charge in [0.05, 0.1) is 11.9 Å². The zero-order chi connectivity index (χ0) is 19.5. The fraction of sp³-hybridized carbons (Fsp3) is 0.182. The van der Waals surface area contributed by atoms with E-state index in [4.69, 9.17) is 9.47 Å². The van der Waals surface area contributed by atoms with E-state index in [9.17, 15) is 4.79 Å². The lowest BCUT2D eigenvalue weighted by molar-refractivity contribution is 0.0946. The van der Waals surface area contributed by atoms with Crippen LogP contribution in [0.25, 0.3) is 0 Å². The summed E-state index contributed by atoms with van der Waals surface area (Å²) in [5.41, 5.74) is 5.53. The molecule has 2 heterocycles. The zero-order valence-electron chi connectivity index (χ0n) is 15.8. The molecule has 0 spiro atoms. The van der Waals surface area contributed by atoms with Crippen LogP contribution in [-0.4, -0.2) is 17.7 Å². The molecule has 6 heteroatoms. The zero-order valence-corrected chi connectivity index (χ0v) is 15.8. The normalized spacial score (nSPS) is 11.9. The monoisotopic (exact) mass is 375 g/mol.